The van der Waals surface area contributed by atoms with Gasteiger partial charge in [-0.2, -0.15) is 5.10 Å². The molecule has 3 aromatic rings. The maximum absolute atomic E-state index is 14.0. The number of benzene rings is 2. The van der Waals surface area contributed by atoms with Crippen LogP contribution in [-0.4, -0.2) is 22.2 Å². The molecule has 7 heteroatoms. The van der Waals surface area contributed by atoms with Gasteiger partial charge in [-0.1, -0.05) is 30.3 Å². The highest BCUT2D eigenvalue weighted by molar-refractivity contribution is 5.92. The molecule has 0 radical (unpaired) electrons. The Morgan fingerprint density at radius 2 is 1.74 bits per heavy atom. The Morgan fingerprint density at radius 3 is 2.44 bits per heavy atom. The number of carbonyl (C=O) groups excluding carboxylic acids is 1. The van der Waals surface area contributed by atoms with Crippen molar-refractivity contribution in [3.63, 3.8) is 0 Å². The second-order valence-electron chi connectivity index (χ2n) is 5.96. The number of nitrogens with one attached hydrogen (secondary N) is 1. The molecular weight excluding hydrogens is 352 g/mol. The number of carbonyl (C=O) groups is 1. The Bertz CT molecular complexity index is 1050. The number of aromatic nitrogens is 2. The number of hydrogen-bond acceptors (Lipinski definition) is 3. The van der Waals surface area contributed by atoms with Gasteiger partial charge >= 0.3 is 0 Å². The molecule has 1 aromatic heterocycles. The average molecular weight is 369 g/mol. The number of nitrogens with zero attached hydrogens (tertiary/aromatic N) is 2. The van der Waals surface area contributed by atoms with Crippen LogP contribution in [0.3, 0.4) is 0 Å². The van der Waals surface area contributed by atoms with Crippen LogP contribution >= 0.6 is 0 Å². The zero-order valence-electron chi connectivity index (χ0n) is 14.6. The lowest BCUT2D eigenvalue weighted by Crippen LogP contribution is -2.33. The topological polar surface area (TPSA) is 64.0 Å². The minimum atomic E-state index is -0.693. The fourth-order valence-corrected chi connectivity index (χ4v) is 2.67. The first-order valence-corrected chi connectivity index (χ1v) is 8.35. The third-order valence-corrected chi connectivity index (χ3v) is 4.04. The Kier molecular flexibility index (Phi) is 5.40. The van der Waals surface area contributed by atoms with E-state index in [1.807, 2.05) is 0 Å². The molecule has 0 spiro atoms. The second-order valence-corrected chi connectivity index (χ2v) is 5.96. The monoisotopic (exact) mass is 369 g/mol. The Morgan fingerprint density at radius 1 is 1.07 bits per heavy atom. The second kappa shape index (κ2) is 7.90. The van der Waals surface area contributed by atoms with Crippen LogP contribution in [0.4, 0.5) is 8.78 Å². The highest BCUT2D eigenvalue weighted by Gasteiger charge is 2.16. The first-order valence-electron chi connectivity index (χ1n) is 8.35. The van der Waals surface area contributed by atoms with Crippen molar-refractivity contribution < 1.29 is 13.6 Å². The molecule has 0 aliphatic rings. The van der Waals surface area contributed by atoms with Crippen molar-refractivity contribution in [1.29, 1.82) is 0 Å². The maximum atomic E-state index is 14.0. The normalized spacial score (nSPS) is 10.6. The van der Waals surface area contributed by atoms with Crippen molar-refractivity contribution in [2.75, 3.05) is 6.54 Å². The molecule has 1 heterocycles. The van der Waals surface area contributed by atoms with Gasteiger partial charge in [-0.15, -0.1) is 0 Å². The smallest absolute Gasteiger partial charge is 0.275 e. The average Bonchev–Trinajstić information content (AvgIpc) is 2.64. The predicted molar refractivity (Wildman–Crippen MR) is 97.0 cm³/mol. The third-order valence-electron chi connectivity index (χ3n) is 4.04. The summed E-state index contributed by atoms with van der Waals surface area (Å²) >= 11 is 0. The molecule has 0 aliphatic heterocycles. The zero-order chi connectivity index (χ0) is 19.4. The van der Waals surface area contributed by atoms with E-state index in [0.717, 1.165) is 0 Å². The fraction of sp³-hybridized carbons (Fsp3) is 0.150. The van der Waals surface area contributed by atoms with Gasteiger partial charge in [0.05, 0.1) is 0 Å². The van der Waals surface area contributed by atoms with E-state index in [1.165, 1.54) is 35.0 Å². The first kappa shape index (κ1) is 18.4. The van der Waals surface area contributed by atoms with Crippen LogP contribution in [0, 0.1) is 18.6 Å². The lowest BCUT2D eigenvalue weighted by molar-refractivity contribution is 0.0946. The molecular formula is C20H17F2N3O2. The highest BCUT2D eigenvalue weighted by Crippen LogP contribution is 2.13. The van der Waals surface area contributed by atoms with E-state index in [2.05, 4.69) is 10.4 Å². The fourth-order valence-electron chi connectivity index (χ4n) is 2.67. The summed E-state index contributed by atoms with van der Waals surface area (Å²) in [6, 6.07) is 13.4. The van der Waals surface area contributed by atoms with E-state index < -0.39 is 17.2 Å². The van der Waals surface area contributed by atoms with E-state index in [0.29, 0.717) is 11.3 Å². The summed E-state index contributed by atoms with van der Waals surface area (Å²) < 4.78 is 28.9. The first-order chi connectivity index (χ1) is 13.0. The van der Waals surface area contributed by atoms with Gasteiger partial charge in [0.25, 0.3) is 5.91 Å². The molecule has 0 bridgehead atoms. The molecule has 0 saturated carbocycles. The van der Waals surface area contributed by atoms with Crippen molar-refractivity contribution in [2.45, 2.75) is 13.3 Å². The number of hydrogen-bond donors (Lipinski definition) is 1. The molecule has 0 unspecified atom stereocenters. The molecule has 5 nitrogen and oxygen atoms in total. The molecule has 1 N–H and O–H groups in total. The summed E-state index contributed by atoms with van der Waals surface area (Å²) in [7, 11) is 0. The van der Waals surface area contributed by atoms with Gasteiger partial charge in [0.2, 0.25) is 5.43 Å². The molecule has 27 heavy (non-hydrogen) atoms. The zero-order valence-corrected chi connectivity index (χ0v) is 14.6. The largest absolute Gasteiger partial charge is 0.350 e. The number of amides is 1. The van der Waals surface area contributed by atoms with Crippen molar-refractivity contribution in [3.8, 4) is 5.69 Å². The predicted octanol–water partition coefficient (Wildman–Crippen LogP) is 2.79. The van der Waals surface area contributed by atoms with Crippen molar-refractivity contribution in [2.24, 2.45) is 0 Å². The SMILES string of the molecule is Cc1cc(=O)c(C(=O)NCCc2ccccc2F)nn1-c1ccccc1F. The van der Waals surface area contributed by atoms with Gasteiger partial charge in [-0.05, 0) is 37.1 Å². The van der Waals surface area contributed by atoms with E-state index in [9.17, 15) is 18.4 Å². The van der Waals surface area contributed by atoms with Crippen LogP contribution in [0.2, 0.25) is 0 Å². The lowest BCUT2D eigenvalue weighted by atomic mass is 10.1. The summed E-state index contributed by atoms with van der Waals surface area (Å²) in [4.78, 5) is 24.5. The summed E-state index contributed by atoms with van der Waals surface area (Å²) in [6.07, 6.45) is 0.270. The summed E-state index contributed by atoms with van der Waals surface area (Å²) in [5.74, 6) is -1.58. The molecule has 0 saturated heterocycles. The highest BCUT2D eigenvalue weighted by atomic mass is 19.1. The summed E-state index contributed by atoms with van der Waals surface area (Å²) in [6.45, 7) is 1.73. The standard InChI is InChI=1S/C20H17F2N3O2/c1-13-12-18(26)19(24-25(13)17-9-5-4-8-16(17)22)20(27)23-11-10-14-6-2-3-7-15(14)21/h2-9,12H,10-11H2,1H3,(H,23,27). The molecule has 0 fully saturated rings. The van der Waals surface area contributed by atoms with E-state index >= 15 is 0 Å². The minimum Gasteiger partial charge on any atom is -0.350 e. The Balaban J connectivity index is 1.81. The minimum absolute atomic E-state index is 0.133. The Labute approximate surface area is 154 Å². The van der Waals surface area contributed by atoms with Crippen LogP contribution < -0.4 is 10.7 Å². The molecule has 2 aromatic carbocycles. The van der Waals surface area contributed by atoms with Gasteiger partial charge in [0, 0.05) is 18.3 Å². The number of rotatable bonds is 5. The van der Waals surface area contributed by atoms with Gasteiger partial charge in [-0.3, -0.25) is 9.59 Å². The molecule has 0 aliphatic carbocycles. The molecule has 0 atom stereocenters. The summed E-state index contributed by atoms with van der Waals surface area (Å²) in [5, 5.41) is 6.58. The van der Waals surface area contributed by atoms with Crippen LogP contribution in [0.25, 0.3) is 5.69 Å². The van der Waals surface area contributed by atoms with E-state index in [4.69, 9.17) is 0 Å². The quantitative estimate of drug-likeness (QED) is 0.752. The maximum Gasteiger partial charge on any atom is 0.275 e. The van der Waals surface area contributed by atoms with Crippen molar-refractivity contribution in [1.82, 2.24) is 15.1 Å². The molecule has 1 amide bonds. The number of para-hydroxylation sites is 1. The van der Waals surface area contributed by atoms with Gasteiger partial charge in [0.1, 0.15) is 17.3 Å². The van der Waals surface area contributed by atoms with Crippen LogP contribution in [0.15, 0.2) is 59.4 Å². The summed E-state index contributed by atoms with van der Waals surface area (Å²) in [5.41, 5.74) is 0.0720. The number of aryl methyl sites for hydroxylation is 1. The van der Waals surface area contributed by atoms with Crippen molar-refractivity contribution >= 4 is 5.91 Å². The van der Waals surface area contributed by atoms with Crippen LogP contribution in [-0.2, 0) is 6.42 Å². The molecule has 3 rings (SSSR count). The Hall–Kier alpha value is -3.35. The van der Waals surface area contributed by atoms with Crippen molar-refractivity contribution in [3.05, 3.63) is 93.4 Å². The van der Waals surface area contributed by atoms with E-state index in [-0.39, 0.29) is 30.2 Å². The third kappa shape index (κ3) is 4.08. The number of halogens is 2. The van der Waals surface area contributed by atoms with Gasteiger partial charge in [0.15, 0.2) is 5.69 Å². The van der Waals surface area contributed by atoms with Gasteiger partial charge in [-0.25, -0.2) is 13.5 Å². The lowest BCUT2D eigenvalue weighted by Gasteiger charge is -2.12. The van der Waals surface area contributed by atoms with E-state index in [1.54, 1.807) is 31.2 Å². The van der Waals surface area contributed by atoms with Crippen LogP contribution in [0.1, 0.15) is 21.7 Å². The van der Waals surface area contributed by atoms with Gasteiger partial charge < -0.3 is 5.32 Å². The van der Waals surface area contributed by atoms with Crippen LogP contribution in [0.5, 0.6) is 0 Å². The molecule has 138 valence electrons.